The minimum absolute atomic E-state index is 0.169. The second-order valence-electron chi connectivity index (χ2n) is 3.75. The van der Waals surface area contributed by atoms with E-state index in [2.05, 4.69) is 35.8 Å². The number of hydrogen-bond donors (Lipinski definition) is 3. The number of aliphatic hydroxyl groups is 1. The summed E-state index contributed by atoms with van der Waals surface area (Å²) < 4.78 is 27.3. The lowest BCUT2D eigenvalue weighted by Gasteiger charge is -2.08. The Labute approximate surface area is 118 Å². The summed E-state index contributed by atoms with van der Waals surface area (Å²) in [6.07, 6.45) is 1.26. The van der Waals surface area contributed by atoms with E-state index in [-0.39, 0.29) is 16.4 Å². The Bertz CT molecular complexity index is 699. The van der Waals surface area contributed by atoms with E-state index in [1.165, 1.54) is 12.3 Å². The molecule has 0 spiro atoms. The maximum absolute atomic E-state index is 12.1. The maximum atomic E-state index is 12.1. The van der Waals surface area contributed by atoms with Crippen LogP contribution in [0, 0.1) is 6.92 Å². The highest BCUT2D eigenvalue weighted by Gasteiger charge is 2.21. The van der Waals surface area contributed by atoms with Crippen LogP contribution >= 0.6 is 15.9 Å². The van der Waals surface area contributed by atoms with Crippen LogP contribution in [0.15, 0.2) is 27.8 Å². The molecule has 19 heavy (non-hydrogen) atoms. The summed E-state index contributed by atoms with van der Waals surface area (Å²) in [6, 6.07) is 3.23. The molecule has 2 aromatic rings. The summed E-state index contributed by atoms with van der Waals surface area (Å²) in [7, 11) is -3.85. The van der Waals surface area contributed by atoms with Crippen LogP contribution in [0.2, 0.25) is 0 Å². The molecule has 7 nitrogen and oxygen atoms in total. The van der Waals surface area contributed by atoms with Crippen molar-refractivity contribution in [1.29, 1.82) is 0 Å². The van der Waals surface area contributed by atoms with Crippen LogP contribution in [-0.2, 0) is 16.6 Å². The number of nitrogens with one attached hydrogen (secondary N) is 2. The van der Waals surface area contributed by atoms with Crippen molar-refractivity contribution >= 4 is 31.8 Å². The molecule has 2 rings (SSSR count). The zero-order valence-electron chi connectivity index (χ0n) is 9.88. The largest absolute Gasteiger partial charge is 0.392 e. The van der Waals surface area contributed by atoms with Gasteiger partial charge in [-0.3, -0.25) is 9.82 Å². The Hall–Kier alpha value is -1.45. The number of aromatic amines is 1. The predicted molar refractivity (Wildman–Crippen MR) is 72.0 cm³/mol. The molecule has 0 aliphatic rings. The number of aromatic nitrogens is 3. The number of pyridine rings is 1. The van der Waals surface area contributed by atoms with Gasteiger partial charge in [0.15, 0.2) is 5.03 Å². The standard InChI is InChI=1S/C10H11BrN4O3S/c1-6-8(11)2-3-9(13-6)15-19(17,18)10-7(5-16)4-12-14-10/h2-4,16H,5H2,1H3,(H,12,14)(H,13,15). The molecule has 3 N–H and O–H groups in total. The van der Waals surface area contributed by atoms with Crippen LogP contribution in [0.4, 0.5) is 5.82 Å². The molecule has 0 unspecified atom stereocenters. The summed E-state index contributed by atoms with van der Waals surface area (Å²) in [6.45, 7) is 1.33. The number of rotatable bonds is 4. The molecule has 0 saturated heterocycles. The van der Waals surface area contributed by atoms with Crippen molar-refractivity contribution < 1.29 is 13.5 Å². The van der Waals surface area contributed by atoms with Crippen molar-refractivity contribution in [2.24, 2.45) is 0 Å². The van der Waals surface area contributed by atoms with Gasteiger partial charge in [0.2, 0.25) is 0 Å². The quantitative estimate of drug-likeness (QED) is 0.769. The third kappa shape index (κ3) is 2.94. The Morgan fingerprint density at radius 2 is 2.21 bits per heavy atom. The van der Waals surface area contributed by atoms with Crippen molar-refractivity contribution in [2.45, 2.75) is 18.6 Å². The fourth-order valence-corrected chi connectivity index (χ4v) is 2.78. The Kier molecular flexibility index (Phi) is 3.88. The van der Waals surface area contributed by atoms with Crippen LogP contribution in [0.3, 0.4) is 0 Å². The normalized spacial score (nSPS) is 11.5. The molecule has 0 radical (unpaired) electrons. The van der Waals surface area contributed by atoms with Gasteiger partial charge in [-0.05, 0) is 35.0 Å². The molecule has 2 aromatic heterocycles. The van der Waals surface area contributed by atoms with Gasteiger partial charge in [-0.15, -0.1) is 0 Å². The van der Waals surface area contributed by atoms with Gasteiger partial charge in [-0.1, -0.05) is 0 Å². The van der Waals surface area contributed by atoms with Gasteiger partial charge in [0.05, 0.1) is 18.5 Å². The molecule has 0 aliphatic carbocycles. The van der Waals surface area contributed by atoms with Gasteiger partial charge in [-0.2, -0.15) is 13.5 Å². The van der Waals surface area contributed by atoms with Gasteiger partial charge in [0.25, 0.3) is 10.0 Å². The molecule has 0 aromatic carbocycles. The van der Waals surface area contributed by atoms with E-state index >= 15 is 0 Å². The van der Waals surface area contributed by atoms with E-state index in [0.717, 1.165) is 4.47 Å². The van der Waals surface area contributed by atoms with E-state index < -0.39 is 16.6 Å². The van der Waals surface area contributed by atoms with E-state index in [0.29, 0.717) is 5.69 Å². The Balaban J connectivity index is 2.34. The molecule has 9 heteroatoms. The van der Waals surface area contributed by atoms with E-state index in [1.54, 1.807) is 13.0 Å². The SMILES string of the molecule is Cc1nc(NS(=O)(=O)c2[nH]ncc2CO)ccc1Br. The lowest BCUT2D eigenvalue weighted by atomic mass is 10.4. The summed E-state index contributed by atoms with van der Waals surface area (Å²) >= 11 is 3.28. The van der Waals surface area contributed by atoms with Gasteiger partial charge >= 0.3 is 0 Å². The average molecular weight is 347 g/mol. The fraction of sp³-hybridized carbons (Fsp3) is 0.200. The predicted octanol–water partition coefficient (Wildman–Crippen LogP) is 1.17. The Morgan fingerprint density at radius 3 is 2.84 bits per heavy atom. The summed E-state index contributed by atoms with van der Waals surface area (Å²) in [5.74, 6) is 0.194. The van der Waals surface area contributed by atoms with Crippen LogP contribution in [0.25, 0.3) is 0 Å². The van der Waals surface area contributed by atoms with E-state index in [4.69, 9.17) is 5.11 Å². The summed E-state index contributed by atoms with van der Waals surface area (Å²) in [5.41, 5.74) is 0.855. The van der Waals surface area contributed by atoms with Crippen molar-refractivity contribution in [3.63, 3.8) is 0 Å². The van der Waals surface area contributed by atoms with Crippen LogP contribution in [0.5, 0.6) is 0 Å². The molecule has 102 valence electrons. The zero-order valence-corrected chi connectivity index (χ0v) is 12.3. The maximum Gasteiger partial charge on any atom is 0.280 e. The molecule has 2 heterocycles. The molecule has 0 bridgehead atoms. The van der Waals surface area contributed by atoms with Crippen LogP contribution < -0.4 is 4.72 Å². The zero-order chi connectivity index (χ0) is 14.0. The fourth-order valence-electron chi connectivity index (χ4n) is 1.43. The van der Waals surface area contributed by atoms with E-state index in [9.17, 15) is 8.42 Å². The van der Waals surface area contributed by atoms with E-state index in [1.807, 2.05) is 0 Å². The Morgan fingerprint density at radius 1 is 1.47 bits per heavy atom. The third-order valence-corrected chi connectivity index (χ3v) is 4.58. The van der Waals surface area contributed by atoms with Crippen molar-refractivity contribution in [1.82, 2.24) is 15.2 Å². The summed E-state index contributed by atoms with van der Waals surface area (Å²) in [5, 5.41) is 14.8. The first kappa shape index (κ1) is 14.0. The summed E-state index contributed by atoms with van der Waals surface area (Å²) in [4.78, 5) is 4.09. The molecular formula is C10H11BrN4O3S. The van der Waals surface area contributed by atoms with Gasteiger partial charge in [0.1, 0.15) is 5.82 Å². The number of aliphatic hydroxyl groups excluding tert-OH is 1. The number of H-pyrrole nitrogens is 1. The van der Waals surface area contributed by atoms with Crippen molar-refractivity contribution in [3.05, 3.63) is 34.1 Å². The highest BCUT2D eigenvalue weighted by atomic mass is 79.9. The molecule has 0 fully saturated rings. The molecule has 0 amide bonds. The molecule has 0 atom stereocenters. The first-order valence-electron chi connectivity index (χ1n) is 5.23. The van der Waals surface area contributed by atoms with Gasteiger partial charge in [0, 0.05) is 10.0 Å². The average Bonchev–Trinajstić information content (AvgIpc) is 2.82. The minimum atomic E-state index is -3.85. The first-order valence-corrected chi connectivity index (χ1v) is 7.50. The highest BCUT2D eigenvalue weighted by molar-refractivity contribution is 9.10. The monoisotopic (exact) mass is 346 g/mol. The molecular weight excluding hydrogens is 336 g/mol. The lowest BCUT2D eigenvalue weighted by Crippen LogP contribution is -2.16. The highest BCUT2D eigenvalue weighted by Crippen LogP contribution is 2.19. The number of hydrogen-bond acceptors (Lipinski definition) is 5. The second kappa shape index (κ2) is 5.27. The minimum Gasteiger partial charge on any atom is -0.392 e. The molecule has 0 aliphatic heterocycles. The number of anilines is 1. The number of sulfonamides is 1. The van der Waals surface area contributed by atoms with Gasteiger partial charge in [-0.25, -0.2) is 4.98 Å². The van der Waals surface area contributed by atoms with Crippen LogP contribution in [0.1, 0.15) is 11.3 Å². The first-order chi connectivity index (χ1) is 8.94. The topological polar surface area (TPSA) is 108 Å². The third-order valence-electron chi connectivity index (χ3n) is 2.38. The van der Waals surface area contributed by atoms with Crippen LogP contribution in [-0.4, -0.2) is 28.7 Å². The van der Waals surface area contributed by atoms with Crippen molar-refractivity contribution in [2.75, 3.05) is 4.72 Å². The number of nitrogens with zero attached hydrogens (tertiary/aromatic N) is 2. The van der Waals surface area contributed by atoms with Gasteiger partial charge < -0.3 is 5.11 Å². The second-order valence-corrected chi connectivity index (χ2v) is 6.23. The number of aryl methyl sites for hydroxylation is 1. The molecule has 0 saturated carbocycles. The number of halogens is 1. The smallest absolute Gasteiger partial charge is 0.280 e. The van der Waals surface area contributed by atoms with Crippen molar-refractivity contribution in [3.8, 4) is 0 Å². The lowest BCUT2D eigenvalue weighted by molar-refractivity contribution is 0.278.